The molecule has 0 bridgehead atoms. The molecule has 2 aromatic carbocycles. The molecule has 34 heavy (non-hydrogen) atoms. The Bertz CT molecular complexity index is 1210. The molecule has 8 nitrogen and oxygen atoms in total. The summed E-state index contributed by atoms with van der Waals surface area (Å²) < 4.78 is 5.53. The highest BCUT2D eigenvalue weighted by molar-refractivity contribution is 7.17. The van der Waals surface area contributed by atoms with Gasteiger partial charge in [-0.2, -0.15) is 0 Å². The van der Waals surface area contributed by atoms with Crippen LogP contribution in [0.4, 0.5) is 9.93 Å². The van der Waals surface area contributed by atoms with E-state index in [4.69, 9.17) is 4.74 Å². The highest BCUT2D eigenvalue weighted by Crippen LogP contribution is 2.44. The van der Waals surface area contributed by atoms with E-state index in [2.05, 4.69) is 34.6 Å². The zero-order valence-corrected chi connectivity index (χ0v) is 19.1. The molecule has 2 heterocycles. The van der Waals surface area contributed by atoms with E-state index in [0.717, 1.165) is 33.6 Å². The Kier molecular flexibility index (Phi) is 6.02. The lowest BCUT2D eigenvalue weighted by molar-refractivity contribution is -0.143. The van der Waals surface area contributed by atoms with Gasteiger partial charge in [0.1, 0.15) is 11.5 Å². The Hall–Kier alpha value is -3.72. The van der Waals surface area contributed by atoms with Gasteiger partial charge in [0.15, 0.2) is 5.13 Å². The SMILES string of the molecule is O=C(Nc1ncc(C(=O)N2CCC[C@H](C(=O)O)C2)s1)OCC1c2ccccc2-c2ccccc21. The lowest BCUT2D eigenvalue weighted by atomic mass is 9.98. The molecule has 3 aromatic rings. The van der Waals surface area contributed by atoms with E-state index < -0.39 is 18.0 Å². The van der Waals surface area contributed by atoms with Crippen LogP contribution >= 0.6 is 11.3 Å². The molecular formula is C25H23N3O5S. The Balaban J connectivity index is 1.20. The summed E-state index contributed by atoms with van der Waals surface area (Å²) in [5.74, 6) is -1.76. The minimum Gasteiger partial charge on any atom is -0.481 e. The van der Waals surface area contributed by atoms with E-state index in [9.17, 15) is 19.5 Å². The van der Waals surface area contributed by atoms with E-state index in [0.29, 0.717) is 24.3 Å². The number of carboxylic acids is 1. The number of amides is 2. The Morgan fingerprint density at radius 1 is 1.09 bits per heavy atom. The molecule has 0 radical (unpaired) electrons. The highest BCUT2D eigenvalue weighted by Gasteiger charge is 2.31. The molecule has 0 spiro atoms. The number of nitrogens with zero attached hydrogens (tertiary/aromatic N) is 2. The van der Waals surface area contributed by atoms with Gasteiger partial charge in [-0.05, 0) is 35.1 Å². The third-order valence-corrected chi connectivity index (χ3v) is 7.23. The summed E-state index contributed by atoms with van der Waals surface area (Å²) in [6, 6.07) is 16.2. The lowest BCUT2D eigenvalue weighted by Crippen LogP contribution is -2.42. The van der Waals surface area contributed by atoms with E-state index >= 15 is 0 Å². The first kappa shape index (κ1) is 22.1. The van der Waals surface area contributed by atoms with Crippen LogP contribution < -0.4 is 5.32 Å². The number of rotatable bonds is 5. The fourth-order valence-electron chi connectivity index (χ4n) is 4.67. The fourth-order valence-corrected chi connectivity index (χ4v) is 5.44. The first-order chi connectivity index (χ1) is 16.5. The summed E-state index contributed by atoms with van der Waals surface area (Å²) >= 11 is 1.05. The molecule has 1 saturated heterocycles. The number of benzene rings is 2. The van der Waals surface area contributed by atoms with Crippen molar-refractivity contribution in [3.63, 3.8) is 0 Å². The van der Waals surface area contributed by atoms with Gasteiger partial charge in [0.2, 0.25) is 0 Å². The molecule has 1 fully saturated rings. The number of hydrogen-bond acceptors (Lipinski definition) is 6. The van der Waals surface area contributed by atoms with Crippen LogP contribution in [0.15, 0.2) is 54.7 Å². The Labute approximate surface area is 200 Å². The minimum atomic E-state index is -0.889. The minimum absolute atomic E-state index is 0.0483. The van der Waals surface area contributed by atoms with Crippen molar-refractivity contribution in [2.75, 3.05) is 25.0 Å². The van der Waals surface area contributed by atoms with Gasteiger partial charge in [0, 0.05) is 19.0 Å². The maximum Gasteiger partial charge on any atom is 0.413 e. The van der Waals surface area contributed by atoms with E-state index in [-0.39, 0.29) is 30.1 Å². The summed E-state index contributed by atoms with van der Waals surface area (Å²) in [5, 5.41) is 12.1. The zero-order chi connectivity index (χ0) is 23.7. The van der Waals surface area contributed by atoms with Gasteiger partial charge in [0.05, 0.1) is 12.1 Å². The van der Waals surface area contributed by atoms with Crippen molar-refractivity contribution >= 4 is 34.4 Å². The largest absolute Gasteiger partial charge is 0.481 e. The molecule has 1 aromatic heterocycles. The number of carbonyl (C=O) groups excluding carboxylic acids is 2. The molecule has 1 atom stereocenters. The van der Waals surface area contributed by atoms with Gasteiger partial charge in [-0.25, -0.2) is 9.78 Å². The molecule has 9 heteroatoms. The van der Waals surface area contributed by atoms with Gasteiger partial charge < -0.3 is 14.7 Å². The van der Waals surface area contributed by atoms with Crippen LogP contribution in [0.2, 0.25) is 0 Å². The maximum atomic E-state index is 12.8. The summed E-state index contributed by atoms with van der Waals surface area (Å²) in [6.45, 7) is 0.873. The average Bonchev–Trinajstić information content (AvgIpc) is 3.45. The second-order valence-electron chi connectivity index (χ2n) is 8.41. The first-order valence-electron chi connectivity index (χ1n) is 11.1. The van der Waals surface area contributed by atoms with Crippen molar-refractivity contribution in [2.45, 2.75) is 18.8 Å². The van der Waals surface area contributed by atoms with Gasteiger partial charge in [-0.1, -0.05) is 59.9 Å². The molecular weight excluding hydrogens is 454 g/mol. The monoisotopic (exact) mass is 477 g/mol. The molecule has 0 unspecified atom stereocenters. The smallest absolute Gasteiger partial charge is 0.413 e. The van der Waals surface area contributed by atoms with Crippen molar-refractivity contribution in [1.82, 2.24) is 9.88 Å². The Morgan fingerprint density at radius 3 is 2.44 bits per heavy atom. The van der Waals surface area contributed by atoms with Gasteiger partial charge in [-0.15, -0.1) is 0 Å². The Morgan fingerprint density at radius 2 is 1.76 bits per heavy atom. The normalized spacial score (nSPS) is 17.1. The fraction of sp³-hybridized carbons (Fsp3) is 0.280. The van der Waals surface area contributed by atoms with Gasteiger partial charge in [0.25, 0.3) is 5.91 Å². The van der Waals surface area contributed by atoms with Crippen LogP contribution in [0.5, 0.6) is 0 Å². The van der Waals surface area contributed by atoms with E-state index in [1.54, 1.807) is 0 Å². The number of ether oxygens (including phenoxy) is 1. The number of aromatic nitrogens is 1. The quantitative estimate of drug-likeness (QED) is 0.562. The average molecular weight is 478 g/mol. The molecule has 2 amide bonds. The molecule has 2 N–H and O–H groups in total. The second kappa shape index (κ2) is 9.26. The predicted octanol–water partition coefficient (Wildman–Crippen LogP) is 4.44. The number of nitrogens with one attached hydrogen (secondary N) is 1. The predicted molar refractivity (Wildman–Crippen MR) is 127 cm³/mol. The third-order valence-electron chi connectivity index (χ3n) is 6.33. The van der Waals surface area contributed by atoms with Gasteiger partial charge >= 0.3 is 12.1 Å². The number of piperidine rings is 1. The third kappa shape index (κ3) is 4.26. The van der Waals surface area contributed by atoms with Crippen molar-refractivity contribution in [2.24, 2.45) is 5.92 Å². The number of likely N-dealkylation sites (tertiary alicyclic amines) is 1. The van der Waals surface area contributed by atoms with Gasteiger partial charge in [-0.3, -0.25) is 14.9 Å². The number of thiazole rings is 1. The number of hydrogen-bond donors (Lipinski definition) is 2. The van der Waals surface area contributed by atoms with Crippen LogP contribution in [0.3, 0.4) is 0 Å². The van der Waals surface area contributed by atoms with Crippen LogP contribution in [-0.4, -0.2) is 52.7 Å². The van der Waals surface area contributed by atoms with Crippen LogP contribution in [0, 0.1) is 5.92 Å². The van der Waals surface area contributed by atoms with E-state index in [1.807, 2.05) is 24.3 Å². The molecule has 174 valence electrons. The first-order valence-corrected chi connectivity index (χ1v) is 11.9. The number of anilines is 1. The van der Waals surface area contributed by atoms with Crippen LogP contribution in [0.25, 0.3) is 11.1 Å². The van der Waals surface area contributed by atoms with Crippen molar-refractivity contribution in [3.8, 4) is 11.1 Å². The summed E-state index contributed by atoms with van der Waals surface area (Å²) in [4.78, 5) is 42.5. The number of aliphatic carboxylic acids is 1. The second-order valence-corrected chi connectivity index (χ2v) is 9.44. The zero-order valence-electron chi connectivity index (χ0n) is 18.3. The molecule has 1 aliphatic carbocycles. The van der Waals surface area contributed by atoms with Crippen molar-refractivity contribution in [3.05, 3.63) is 70.7 Å². The van der Waals surface area contributed by atoms with Crippen molar-refractivity contribution < 1.29 is 24.2 Å². The number of carbonyl (C=O) groups is 3. The molecule has 1 aliphatic heterocycles. The molecule has 0 saturated carbocycles. The summed E-state index contributed by atoms with van der Waals surface area (Å²) in [7, 11) is 0. The standard InChI is InChI=1S/C25H23N3O5S/c29-22(28-11-5-6-15(13-28)23(30)31)21-12-26-24(34-21)27-25(32)33-14-20-18-9-3-1-7-16(18)17-8-2-4-10-19(17)20/h1-4,7-10,12,15,20H,5-6,11,13-14H2,(H,30,31)(H,26,27,32)/t15-/m0/s1. The van der Waals surface area contributed by atoms with Crippen LogP contribution in [0.1, 0.15) is 39.6 Å². The molecule has 5 rings (SSSR count). The highest BCUT2D eigenvalue weighted by atomic mass is 32.1. The summed E-state index contributed by atoms with van der Waals surface area (Å²) in [6.07, 6.45) is 1.97. The van der Waals surface area contributed by atoms with Crippen molar-refractivity contribution in [1.29, 1.82) is 0 Å². The maximum absolute atomic E-state index is 12.8. The summed E-state index contributed by atoms with van der Waals surface area (Å²) in [5.41, 5.74) is 4.55. The number of carboxylic acid groups (broad SMARTS) is 1. The van der Waals surface area contributed by atoms with E-state index in [1.165, 1.54) is 11.1 Å². The topological polar surface area (TPSA) is 109 Å². The lowest BCUT2D eigenvalue weighted by Gasteiger charge is -2.30. The number of fused-ring (bicyclic) bond motifs is 3. The molecule has 2 aliphatic rings. The van der Waals surface area contributed by atoms with Crippen LogP contribution in [-0.2, 0) is 9.53 Å².